The van der Waals surface area contributed by atoms with Crippen LogP contribution in [-0.4, -0.2) is 53.5 Å². The van der Waals surface area contributed by atoms with E-state index in [4.69, 9.17) is 0 Å². The topological polar surface area (TPSA) is 86.6 Å². The highest BCUT2D eigenvalue weighted by Gasteiger charge is 2.33. The largest absolute Gasteiger partial charge is 0.386 e. The standard InChI is InChI=1S/C16H22N4O3S2/c1-12-11-19(25(22,23)14-5-4-8-24-14)6-7-20(12)15-17-9-13(10-18-15)16(2,3)21/h4-5,8-10,12,21H,6-7,11H2,1-3H3/t12-/m0/s1. The summed E-state index contributed by atoms with van der Waals surface area (Å²) in [5, 5.41) is 11.8. The Morgan fingerprint density at radius 1 is 1.28 bits per heavy atom. The molecular weight excluding hydrogens is 360 g/mol. The molecule has 0 radical (unpaired) electrons. The number of piperazine rings is 1. The maximum absolute atomic E-state index is 12.7. The van der Waals surface area contributed by atoms with E-state index in [1.807, 2.05) is 11.8 Å². The highest BCUT2D eigenvalue weighted by Crippen LogP contribution is 2.25. The first-order chi connectivity index (χ1) is 11.7. The number of rotatable bonds is 4. The lowest BCUT2D eigenvalue weighted by atomic mass is 10.0. The maximum Gasteiger partial charge on any atom is 0.252 e. The van der Waals surface area contributed by atoms with Crippen LogP contribution in [0.25, 0.3) is 0 Å². The summed E-state index contributed by atoms with van der Waals surface area (Å²) >= 11 is 1.23. The van der Waals surface area contributed by atoms with E-state index in [0.29, 0.717) is 35.4 Å². The summed E-state index contributed by atoms with van der Waals surface area (Å²) in [5.74, 6) is 0.550. The minimum atomic E-state index is -3.43. The van der Waals surface area contributed by atoms with Crippen molar-refractivity contribution in [2.75, 3.05) is 24.5 Å². The number of aromatic nitrogens is 2. The van der Waals surface area contributed by atoms with Gasteiger partial charge in [-0.15, -0.1) is 11.3 Å². The molecule has 3 rings (SSSR count). The molecule has 1 fully saturated rings. The van der Waals surface area contributed by atoms with Crippen LogP contribution in [0.3, 0.4) is 0 Å². The van der Waals surface area contributed by atoms with E-state index in [2.05, 4.69) is 9.97 Å². The lowest BCUT2D eigenvalue weighted by Crippen LogP contribution is -2.54. The molecule has 1 aliphatic heterocycles. The van der Waals surface area contributed by atoms with Crippen LogP contribution < -0.4 is 4.90 Å². The number of hydrogen-bond donors (Lipinski definition) is 1. The average Bonchev–Trinajstić information content (AvgIpc) is 3.09. The lowest BCUT2D eigenvalue weighted by Gasteiger charge is -2.39. The van der Waals surface area contributed by atoms with Gasteiger partial charge in [0.15, 0.2) is 0 Å². The van der Waals surface area contributed by atoms with Gasteiger partial charge in [-0.05, 0) is 32.2 Å². The molecule has 1 saturated heterocycles. The third-order valence-corrected chi connectivity index (χ3v) is 7.52. The van der Waals surface area contributed by atoms with Crippen molar-refractivity contribution < 1.29 is 13.5 Å². The summed E-state index contributed by atoms with van der Waals surface area (Å²) in [4.78, 5) is 10.7. The molecule has 7 nitrogen and oxygen atoms in total. The van der Waals surface area contributed by atoms with E-state index in [1.165, 1.54) is 15.6 Å². The first-order valence-corrected chi connectivity index (χ1v) is 10.4. The Morgan fingerprint density at radius 2 is 1.96 bits per heavy atom. The Labute approximate surface area is 152 Å². The molecule has 1 atom stereocenters. The van der Waals surface area contributed by atoms with E-state index >= 15 is 0 Å². The van der Waals surface area contributed by atoms with Crippen LogP contribution in [0, 0.1) is 0 Å². The fourth-order valence-electron chi connectivity index (χ4n) is 2.76. The van der Waals surface area contributed by atoms with Crippen LogP contribution in [0.1, 0.15) is 26.3 Å². The number of nitrogens with zero attached hydrogens (tertiary/aromatic N) is 4. The third kappa shape index (κ3) is 3.69. The zero-order valence-electron chi connectivity index (χ0n) is 14.5. The van der Waals surface area contributed by atoms with Crippen molar-refractivity contribution in [3.8, 4) is 0 Å². The molecule has 2 aromatic rings. The van der Waals surface area contributed by atoms with Gasteiger partial charge in [0, 0.05) is 43.6 Å². The van der Waals surface area contributed by atoms with Gasteiger partial charge in [-0.2, -0.15) is 4.31 Å². The van der Waals surface area contributed by atoms with E-state index in [-0.39, 0.29) is 6.04 Å². The predicted molar refractivity (Wildman–Crippen MR) is 97.2 cm³/mol. The number of anilines is 1. The smallest absolute Gasteiger partial charge is 0.252 e. The van der Waals surface area contributed by atoms with Gasteiger partial charge < -0.3 is 10.0 Å². The molecule has 0 aliphatic carbocycles. The molecule has 0 saturated carbocycles. The van der Waals surface area contributed by atoms with Gasteiger partial charge in [-0.1, -0.05) is 6.07 Å². The first-order valence-electron chi connectivity index (χ1n) is 8.05. The molecule has 9 heteroatoms. The second-order valence-corrected chi connectivity index (χ2v) is 9.78. The summed E-state index contributed by atoms with van der Waals surface area (Å²) in [6.45, 7) is 6.62. The molecule has 25 heavy (non-hydrogen) atoms. The molecule has 136 valence electrons. The van der Waals surface area contributed by atoms with Gasteiger partial charge in [0.1, 0.15) is 4.21 Å². The molecule has 0 amide bonds. The fraction of sp³-hybridized carbons (Fsp3) is 0.500. The molecule has 0 unspecified atom stereocenters. The predicted octanol–water partition coefficient (Wildman–Crippen LogP) is 1.66. The molecule has 2 aromatic heterocycles. The van der Waals surface area contributed by atoms with Crippen molar-refractivity contribution in [3.05, 3.63) is 35.5 Å². The second-order valence-electron chi connectivity index (χ2n) is 6.67. The van der Waals surface area contributed by atoms with Gasteiger partial charge in [0.2, 0.25) is 5.95 Å². The molecule has 3 heterocycles. The first kappa shape index (κ1) is 18.2. The van der Waals surface area contributed by atoms with Crippen molar-refractivity contribution in [3.63, 3.8) is 0 Å². The summed E-state index contributed by atoms with van der Waals surface area (Å²) < 4.78 is 27.2. The van der Waals surface area contributed by atoms with Crippen LogP contribution in [-0.2, 0) is 15.6 Å². The molecule has 1 N–H and O–H groups in total. The molecular formula is C16H22N4O3S2. The van der Waals surface area contributed by atoms with Crippen molar-refractivity contribution >= 4 is 27.3 Å². The Hall–Kier alpha value is -1.55. The maximum atomic E-state index is 12.7. The SMILES string of the molecule is C[C@H]1CN(S(=O)(=O)c2cccs2)CCN1c1ncc(C(C)(C)O)cn1. The average molecular weight is 383 g/mol. The quantitative estimate of drug-likeness (QED) is 0.866. The van der Waals surface area contributed by atoms with Gasteiger partial charge in [0.25, 0.3) is 10.0 Å². The zero-order chi connectivity index (χ0) is 18.2. The van der Waals surface area contributed by atoms with Gasteiger partial charge in [-0.25, -0.2) is 18.4 Å². The lowest BCUT2D eigenvalue weighted by molar-refractivity contribution is 0.0778. The van der Waals surface area contributed by atoms with Crippen LogP contribution in [0.15, 0.2) is 34.1 Å². The molecule has 1 aliphatic rings. The van der Waals surface area contributed by atoms with Crippen molar-refractivity contribution in [2.45, 2.75) is 36.6 Å². The molecule has 0 aromatic carbocycles. The van der Waals surface area contributed by atoms with Crippen molar-refractivity contribution in [1.29, 1.82) is 0 Å². The van der Waals surface area contributed by atoms with Gasteiger partial charge in [0.05, 0.1) is 5.60 Å². The molecule has 0 spiro atoms. The Kier molecular flexibility index (Phi) is 4.84. The van der Waals surface area contributed by atoms with Gasteiger partial charge >= 0.3 is 0 Å². The Morgan fingerprint density at radius 3 is 2.48 bits per heavy atom. The Bertz CT molecular complexity index is 814. The number of sulfonamides is 1. The summed E-state index contributed by atoms with van der Waals surface area (Å²) in [5.41, 5.74) is -0.347. The molecule has 0 bridgehead atoms. The number of aliphatic hydroxyl groups is 1. The highest BCUT2D eigenvalue weighted by atomic mass is 32.2. The summed E-state index contributed by atoms with van der Waals surface area (Å²) in [6.07, 6.45) is 3.23. The van der Waals surface area contributed by atoms with Crippen molar-refractivity contribution in [2.24, 2.45) is 0 Å². The van der Waals surface area contributed by atoms with E-state index < -0.39 is 15.6 Å². The van der Waals surface area contributed by atoms with Crippen LogP contribution in [0.5, 0.6) is 0 Å². The summed E-state index contributed by atoms with van der Waals surface area (Å²) in [7, 11) is -3.43. The van der Waals surface area contributed by atoms with E-state index in [1.54, 1.807) is 43.8 Å². The third-order valence-electron chi connectivity index (χ3n) is 4.28. The van der Waals surface area contributed by atoms with Crippen molar-refractivity contribution in [1.82, 2.24) is 14.3 Å². The number of hydrogen-bond acceptors (Lipinski definition) is 7. The Balaban J connectivity index is 1.74. The van der Waals surface area contributed by atoms with Crippen LogP contribution in [0.2, 0.25) is 0 Å². The highest BCUT2D eigenvalue weighted by molar-refractivity contribution is 7.91. The zero-order valence-corrected chi connectivity index (χ0v) is 16.1. The second kappa shape index (κ2) is 6.64. The fourth-order valence-corrected chi connectivity index (χ4v) is 5.42. The van der Waals surface area contributed by atoms with E-state index in [9.17, 15) is 13.5 Å². The van der Waals surface area contributed by atoms with Crippen LogP contribution in [0.4, 0.5) is 5.95 Å². The monoisotopic (exact) mass is 382 g/mol. The minimum Gasteiger partial charge on any atom is -0.386 e. The normalized spacial score (nSPS) is 20.0. The minimum absolute atomic E-state index is 0.0449. The van der Waals surface area contributed by atoms with Gasteiger partial charge in [-0.3, -0.25) is 0 Å². The van der Waals surface area contributed by atoms with E-state index in [0.717, 1.165) is 0 Å². The van der Waals surface area contributed by atoms with Crippen LogP contribution >= 0.6 is 11.3 Å². The number of thiophene rings is 1. The summed E-state index contributed by atoms with van der Waals surface area (Å²) in [6, 6.07) is 3.33.